The molecule has 174 valence electrons. The van der Waals surface area contributed by atoms with Gasteiger partial charge in [-0.05, 0) is 62.8 Å². The highest BCUT2D eigenvalue weighted by molar-refractivity contribution is 5.94. The number of fused-ring (bicyclic) bond motifs is 1. The molecule has 0 unspecified atom stereocenters. The van der Waals surface area contributed by atoms with Gasteiger partial charge < -0.3 is 5.32 Å². The molecule has 3 aromatic heterocycles. The van der Waals surface area contributed by atoms with E-state index in [0.717, 1.165) is 49.0 Å². The number of aromatic nitrogens is 4. The molecule has 3 aromatic rings. The quantitative estimate of drug-likeness (QED) is 0.572. The maximum atomic E-state index is 12.8. The van der Waals surface area contributed by atoms with Crippen molar-refractivity contribution in [2.24, 2.45) is 5.92 Å². The molecule has 5 rings (SSSR count). The van der Waals surface area contributed by atoms with Crippen molar-refractivity contribution in [3.8, 4) is 0 Å². The molecule has 4 heterocycles. The Morgan fingerprint density at radius 2 is 2.06 bits per heavy atom. The molecule has 0 bridgehead atoms. The van der Waals surface area contributed by atoms with Crippen LogP contribution in [0.2, 0.25) is 0 Å². The van der Waals surface area contributed by atoms with Gasteiger partial charge in [-0.1, -0.05) is 6.07 Å². The van der Waals surface area contributed by atoms with Crippen LogP contribution in [0.15, 0.2) is 42.9 Å². The van der Waals surface area contributed by atoms with Crippen molar-refractivity contribution in [2.45, 2.75) is 45.2 Å². The summed E-state index contributed by atoms with van der Waals surface area (Å²) in [5.74, 6) is 1.71. The van der Waals surface area contributed by atoms with E-state index < -0.39 is 0 Å². The standard InChI is InChI=1S/C25H33N7O/c1-18(2)31-13-12-30(15-20-5-6-20)17-22(31)24-29-28-23-8-7-21(16-32(23)24)25(33)27-11-9-19-4-3-10-26-14-19/h3-4,7-8,10,14,16,18,20,22H,5-6,9,11-13,15,17H2,1-2H3,(H,27,33)/t22-/m1/s1. The zero-order chi connectivity index (χ0) is 22.8. The molecular formula is C25H33N7O. The lowest BCUT2D eigenvalue weighted by atomic mass is 10.1. The second kappa shape index (κ2) is 9.57. The largest absolute Gasteiger partial charge is 0.352 e. The monoisotopic (exact) mass is 447 g/mol. The smallest absolute Gasteiger partial charge is 0.252 e. The number of amides is 1. The minimum atomic E-state index is -0.0832. The third-order valence-electron chi connectivity index (χ3n) is 6.79. The van der Waals surface area contributed by atoms with E-state index in [-0.39, 0.29) is 11.9 Å². The molecule has 1 saturated heterocycles. The van der Waals surface area contributed by atoms with E-state index in [1.54, 1.807) is 6.20 Å². The van der Waals surface area contributed by atoms with Gasteiger partial charge in [-0.25, -0.2) is 0 Å². The van der Waals surface area contributed by atoms with Gasteiger partial charge in [0, 0.05) is 57.4 Å². The average Bonchev–Trinajstić information content (AvgIpc) is 3.54. The fraction of sp³-hybridized carbons (Fsp3) is 0.520. The van der Waals surface area contributed by atoms with Crippen LogP contribution in [0.5, 0.6) is 0 Å². The summed E-state index contributed by atoms with van der Waals surface area (Å²) in [5.41, 5.74) is 2.51. The minimum absolute atomic E-state index is 0.0832. The normalized spacial score (nSPS) is 19.9. The Labute approximate surface area is 195 Å². The number of nitrogens with zero attached hydrogens (tertiary/aromatic N) is 6. The van der Waals surface area contributed by atoms with E-state index >= 15 is 0 Å². The number of piperazine rings is 1. The summed E-state index contributed by atoms with van der Waals surface area (Å²) in [7, 11) is 0. The zero-order valence-corrected chi connectivity index (χ0v) is 19.5. The number of hydrogen-bond donors (Lipinski definition) is 1. The van der Waals surface area contributed by atoms with Gasteiger partial charge in [-0.3, -0.25) is 24.0 Å². The first-order valence-electron chi connectivity index (χ1n) is 12.1. The summed E-state index contributed by atoms with van der Waals surface area (Å²) in [5, 5.41) is 12.0. The van der Waals surface area contributed by atoms with Crippen molar-refractivity contribution in [2.75, 3.05) is 32.7 Å². The number of carbonyl (C=O) groups excluding carboxylic acids is 1. The van der Waals surface area contributed by atoms with Crippen LogP contribution in [0.1, 0.15) is 54.5 Å². The molecule has 33 heavy (non-hydrogen) atoms. The molecule has 8 heteroatoms. The average molecular weight is 448 g/mol. The molecular weight excluding hydrogens is 414 g/mol. The van der Waals surface area contributed by atoms with Crippen LogP contribution in [0, 0.1) is 5.92 Å². The van der Waals surface area contributed by atoms with E-state index in [1.807, 2.05) is 41.1 Å². The van der Waals surface area contributed by atoms with Crippen molar-refractivity contribution in [3.05, 3.63) is 59.8 Å². The molecule has 1 atom stereocenters. The lowest BCUT2D eigenvalue weighted by Crippen LogP contribution is -2.51. The van der Waals surface area contributed by atoms with Gasteiger partial charge in [0.1, 0.15) is 0 Å². The van der Waals surface area contributed by atoms with E-state index in [9.17, 15) is 4.79 Å². The summed E-state index contributed by atoms with van der Waals surface area (Å²) in [6, 6.07) is 8.23. The molecule has 8 nitrogen and oxygen atoms in total. The maximum absolute atomic E-state index is 12.8. The van der Waals surface area contributed by atoms with E-state index in [0.29, 0.717) is 18.2 Å². The van der Waals surface area contributed by atoms with Gasteiger partial charge in [0.05, 0.1) is 11.6 Å². The van der Waals surface area contributed by atoms with Gasteiger partial charge in [0.15, 0.2) is 11.5 Å². The molecule has 1 amide bonds. The fourth-order valence-corrected chi connectivity index (χ4v) is 4.77. The van der Waals surface area contributed by atoms with E-state index in [2.05, 4.69) is 44.1 Å². The van der Waals surface area contributed by atoms with Crippen LogP contribution < -0.4 is 5.32 Å². The van der Waals surface area contributed by atoms with Crippen LogP contribution in [-0.2, 0) is 6.42 Å². The Morgan fingerprint density at radius 1 is 1.18 bits per heavy atom. The summed E-state index contributed by atoms with van der Waals surface area (Å²) in [6.07, 6.45) is 8.96. The molecule has 2 fully saturated rings. The summed E-state index contributed by atoms with van der Waals surface area (Å²) in [4.78, 5) is 22.1. The van der Waals surface area contributed by atoms with Crippen molar-refractivity contribution in [1.82, 2.24) is 34.7 Å². The molecule has 1 aliphatic heterocycles. The first-order valence-corrected chi connectivity index (χ1v) is 12.1. The fourth-order valence-electron chi connectivity index (χ4n) is 4.77. The lowest BCUT2D eigenvalue weighted by molar-refractivity contribution is 0.0437. The van der Waals surface area contributed by atoms with Gasteiger partial charge in [-0.2, -0.15) is 0 Å². The highest BCUT2D eigenvalue weighted by atomic mass is 16.1. The lowest BCUT2D eigenvalue weighted by Gasteiger charge is -2.42. The van der Waals surface area contributed by atoms with Crippen molar-refractivity contribution < 1.29 is 4.79 Å². The summed E-state index contributed by atoms with van der Waals surface area (Å²) < 4.78 is 2.01. The van der Waals surface area contributed by atoms with Crippen molar-refractivity contribution in [3.63, 3.8) is 0 Å². The highest BCUT2D eigenvalue weighted by Gasteiger charge is 2.35. The number of nitrogens with one attached hydrogen (secondary N) is 1. The zero-order valence-electron chi connectivity index (χ0n) is 19.5. The Morgan fingerprint density at radius 3 is 2.82 bits per heavy atom. The van der Waals surface area contributed by atoms with Gasteiger partial charge in [0.2, 0.25) is 0 Å². The van der Waals surface area contributed by atoms with Crippen LogP contribution in [0.4, 0.5) is 0 Å². The number of pyridine rings is 2. The third kappa shape index (κ3) is 5.07. The van der Waals surface area contributed by atoms with Gasteiger partial charge >= 0.3 is 0 Å². The van der Waals surface area contributed by atoms with Crippen LogP contribution in [0.25, 0.3) is 5.65 Å². The van der Waals surface area contributed by atoms with Crippen LogP contribution >= 0.6 is 0 Å². The van der Waals surface area contributed by atoms with Crippen molar-refractivity contribution in [1.29, 1.82) is 0 Å². The summed E-state index contributed by atoms with van der Waals surface area (Å²) in [6.45, 7) is 9.32. The Hall–Kier alpha value is -2.84. The number of hydrogen-bond acceptors (Lipinski definition) is 6. The third-order valence-corrected chi connectivity index (χ3v) is 6.79. The van der Waals surface area contributed by atoms with Gasteiger partial charge in [-0.15, -0.1) is 10.2 Å². The predicted octanol–water partition coefficient (Wildman–Crippen LogP) is 2.57. The molecule has 0 aromatic carbocycles. The molecule has 1 saturated carbocycles. The summed E-state index contributed by atoms with van der Waals surface area (Å²) >= 11 is 0. The molecule has 0 radical (unpaired) electrons. The number of rotatable bonds is 8. The first-order chi connectivity index (χ1) is 16.1. The van der Waals surface area contributed by atoms with E-state index in [1.165, 1.54) is 19.4 Å². The minimum Gasteiger partial charge on any atom is -0.352 e. The topological polar surface area (TPSA) is 78.7 Å². The first kappa shape index (κ1) is 22.0. The molecule has 0 spiro atoms. The second-order valence-corrected chi connectivity index (χ2v) is 9.62. The number of carbonyl (C=O) groups is 1. The SMILES string of the molecule is CC(C)N1CCN(CC2CC2)C[C@@H]1c1nnc2ccc(C(=O)NCCc3cccnc3)cn12. The molecule has 2 aliphatic rings. The predicted molar refractivity (Wildman–Crippen MR) is 127 cm³/mol. The second-order valence-electron chi connectivity index (χ2n) is 9.62. The highest BCUT2D eigenvalue weighted by Crippen LogP contribution is 2.33. The Balaban J connectivity index is 1.33. The van der Waals surface area contributed by atoms with Crippen LogP contribution in [-0.4, -0.2) is 74.1 Å². The van der Waals surface area contributed by atoms with Crippen LogP contribution in [0.3, 0.4) is 0 Å². The molecule has 1 N–H and O–H groups in total. The maximum Gasteiger partial charge on any atom is 0.252 e. The Kier molecular flexibility index (Phi) is 6.37. The molecule has 1 aliphatic carbocycles. The van der Waals surface area contributed by atoms with Gasteiger partial charge in [0.25, 0.3) is 5.91 Å². The van der Waals surface area contributed by atoms with E-state index in [4.69, 9.17) is 0 Å². The Bertz CT molecular complexity index is 1090. The van der Waals surface area contributed by atoms with Crippen molar-refractivity contribution >= 4 is 11.6 Å².